The van der Waals surface area contributed by atoms with Crippen LogP contribution in [0.1, 0.15) is 17.3 Å². The number of hydrogen-bond acceptors (Lipinski definition) is 5. The molecule has 21 heavy (non-hydrogen) atoms. The third-order valence-corrected chi connectivity index (χ3v) is 3.21. The van der Waals surface area contributed by atoms with E-state index >= 15 is 0 Å². The lowest BCUT2D eigenvalue weighted by molar-refractivity contribution is 0.0526. The molecule has 3 aromatic rings. The van der Waals surface area contributed by atoms with Gasteiger partial charge in [0.25, 0.3) is 0 Å². The van der Waals surface area contributed by atoms with Crippen LogP contribution in [0, 0.1) is 0 Å². The Morgan fingerprint density at radius 3 is 2.81 bits per heavy atom. The average molecular weight is 303 g/mol. The van der Waals surface area contributed by atoms with E-state index in [0.29, 0.717) is 23.1 Å². The molecule has 0 N–H and O–H groups in total. The highest BCUT2D eigenvalue weighted by molar-refractivity contribution is 6.34. The lowest BCUT2D eigenvalue weighted by Crippen LogP contribution is -2.04. The summed E-state index contributed by atoms with van der Waals surface area (Å²) in [6.07, 6.45) is 2.99. The fraction of sp³-hybridized carbons (Fsp3) is 0.143. The molecule has 2 heterocycles. The van der Waals surface area contributed by atoms with Crippen LogP contribution in [0.3, 0.4) is 0 Å². The van der Waals surface area contributed by atoms with Gasteiger partial charge in [0.2, 0.25) is 0 Å². The fourth-order valence-electron chi connectivity index (χ4n) is 1.98. The van der Waals surface area contributed by atoms with Gasteiger partial charge in [-0.25, -0.2) is 9.48 Å². The monoisotopic (exact) mass is 302 g/mol. The molecule has 0 saturated heterocycles. The third-order valence-electron chi connectivity index (χ3n) is 2.93. The van der Waals surface area contributed by atoms with Crippen LogP contribution in [-0.2, 0) is 4.74 Å². The second-order valence-electron chi connectivity index (χ2n) is 4.25. The van der Waals surface area contributed by atoms with Gasteiger partial charge in [0, 0.05) is 17.0 Å². The Kier molecular flexibility index (Phi) is 3.53. The summed E-state index contributed by atoms with van der Waals surface area (Å²) in [7, 11) is 0. The second-order valence-corrected chi connectivity index (χ2v) is 4.61. The molecule has 2 aromatic heterocycles. The summed E-state index contributed by atoms with van der Waals surface area (Å²) in [5.41, 5.74) is 0.359. The smallest absolute Gasteiger partial charge is 0.341 e. The van der Waals surface area contributed by atoms with Crippen LogP contribution in [-0.4, -0.2) is 32.6 Å². The van der Waals surface area contributed by atoms with E-state index < -0.39 is 5.97 Å². The summed E-state index contributed by atoms with van der Waals surface area (Å²) in [6.45, 7) is 2.06. The van der Waals surface area contributed by atoms with E-state index in [2.05, 4.69) is 15.3 Å². The molecule has 0 amide bonds. The van der Waals surface area contributed by atoms with E-state index in [4.69, 9.17) is 16.3 Å². The quantitative estimate of drug-likeness (QED) is 0.696. The maximum atomic E-state index is 11.7. The SMILES string of the molecule is CCOC(=O)c1cnn(-c2nnc(Cl)c3ccccc23)c1. The molecule has 0 radical (unpaired) electrons. The molecule has 0 fully saturated rings. The van der Waals surface area contributed by atoms with Gasteiger partial charge in [0.15, 0.2) is 11.0 Å². The van der Waals surface area contributed by atoms with E-state index in [-0.39, 0.29) is 0 Å². The number of ether oxygens (including phenoxy) is 1. The van der Waals surface area contributed by atoms with E-state index in [1.165, 1.54) is 10.9 Å². The molecule has 0 unspecified atom stereocenters. The molecular formula is C14H11ClN4O2. The van der Waals surface area contributed by atoms with Crippen LogP contribution in [0.4, 0.5) is 0 Å². The molecule has 3 rings (SSSR count). The van der Waals surface area contributed by atoms with Crippen molar-refractivity contribution in [3.05, 3.63) is 47.4 Å². The molecule has 0 saturated carbocycles. The summed E-state index contributed by atoms with van der Waals surface area (Å²) in [4.78, 5) is 11.7. The van der Waals surface area contributed by atoms with E-state index in [1.54, 1.807) is 13.1 Å². The van der Waals surface area contributed by atoms with Gasteiger partial charge in [0.1, 0.15) is 0 Å². The van der Waals surface area contributed by atoms with E-state index in [0.717, 1.165) is 10.8 Å². The number of hydrogen-bond donors (Lipinski definition) is 0. The van der Waals surface area contributed by atoms with Gasteiger partial charge in [-0.05, 0) is 6.92 Å². The van der Waals surface area contributed by atoms with Crippen molar-refractivity contribution in [2.45, 2.75) is 6.92 Å². The lowest BCUT2D eigenvalue weighted by Gasteiger charge is -2.05. The Hall–Kier alpha value is -2.47. The maximum absolute atomic E-state index is 11.7. The van der Waals surface area contributed by atoms with Crippen LogP contribution < -0.4 is 0 Å². The van der Waals surface area contributed by atoms with Crippen molar-refractivity contribution in [3.63, 3.8) is 0 Å². The summed E-state index contributed by atoms with van der Waals surface area (Å²) in [5, 5.41) is 14.0. The minimum atomic E-state index is -0.421. The van der Waals surface area contributed by atoms with Gasteiger partial charge in [-0.2, -0.15) is 5.10 Å². The molecular weight excluding hydrogens is 292 g/mol. The van der Waals surface area contributed by atoms with Crippen molar-refractivity contribution >= 4 is 28.3 Å². The van der Waals surface area contributed by atoms with Crippen LogP contribution in [0.5, 0.6) is 0 Å². The van der Waals surface area contributed by atoms with Crippen LogP contribution in [0.15, 0.2) is 36.7 Å². The highest BCUT2D eigenvalue weighted by Crippen LogP contribution is 2.24. The standard InChI is InChI=1S/C14H11ClN4O2/c1-2-21-14(20)9-7-16-19(8-9)13-11-6-4-3-5-10(11)12(15)17-18-13/h3-8H,2H2,1H3. The number of carbonyl (C=O) groups is 1. The van der Waals surface area contributed by atoms with Gasteiger partial charge in [-0.3, -0.25) is 0 Å². The minimum absolute atomic E-state index is 0.313. The zero-order valence-corrected chi connectivity index (χ0v) is 11.9. The van der Waals surface area contributed by atoms with E-state index in [9.17, 15) is 4.79 Å². The molecule has 0 aliphatic rings. The molecule has 0 bridgehead atoms. The first-order chi connectivity index (χ1) is 10.2. The number of fused-ring (bicyclic) bond motifs is 1. The molecule has 6 nitrogen and oxygen atoms in total. The minimum Gasteiger partial charge on any atom is -0.462 e. The topological polar surface area (TPSA) is 69.9 Å². The molecule has 106 valence electrons. The lowest BCUT2D eigenvalue weighted by atomic mass is 10.2. The first-order valence-corrected chi connectivity index (χ1v) is 6.71. The van der Waals surface area contributed by atoms with Crippen LogP contribution in [0.25, 0.3) is 16.6 Å². The van der Waals surface area contributed by atoms with Gasteiger partial charge < -0.3 is 4.74 Å². The second kappa shape index (κ2) is 5.49. The number of rotatable bonds is 3. The number of carbonyl (C=O) groups excluding carboxylic acids is 1. The third kappa shape index (κ3) is 2.45. The van der Waals surface area contributed by atoms with Crippen molar-refractivity contribution in [3.8, 4) is 5.82 Å². The largest absolute Gasteiger partial charge is 0.462 e. The number of nitrogens with zero attached hydrogens (tertiary/aromatic N) is 4. The van der Waals surface area contributed by atoms with Gasteiger partial charge in [0.05, 0.1) is 18.4 Å². The molecule has 0 aliphatic heterocycles. The maximum Gasteiger partial charge on any atom is 0.341 e. The summed E-state index contributed by atoms with van der Waals surface area (Å²) < 4.78 is 6.42. The van der Waals surface area contributed by atoms with Gasteiger partial charge in [-0.1, -0.05) is 35.9 Å². The van der Waals surface area contributed by atoms with E-state index in [1.807, 2.05) is 24.3 Å². The zero-order chi connectivity index (χ0) is 14.8. The Bertz CT molecular complexity index is 816. The molecule has 0 aliphatic carbocycles. The predicted molar refractivity (Wildman–Crippen MR) is 77.6 cm³/mol. The van der Waals surface area contributed by atoms with Crippen molar-refractivity contribution in [1.29, 1.82) is 0 Å². The highest BCUT2D eigenvalue weighted by atomic mass is 35.5. The van der Waals surface area contributed by atoms with Crippen molar-refractivity contribution < 1.29 is 9.53 Å². The highest BCUT2D eigenvalue weighted by Gasteiger charge is 2.14. The summed E-state index contributed by atoms with van der Waals surface area (Å²) in [5.74, 6) is 0.0838. The summed E-state index contributed by atoms with van der Waals surface area (Å²) >= 11 is 6.04. The van der Waals surface area contributed by atoms with Crippen molar-refractivity contribution in [1.82, 2.24) is 20.0 Å². The van der Waals surface area contributed by atoms with Crippen molar-refractivity contribution in [2.75, 3.05) is 6.61 Å². The zero-order valence-electron chi connectivity index (χ0n) is 11.2. The number of esters is 1. The van der Waals surface area contributed by atoms with Gasteiger partial charge in [-0.15, -0.1) is 10.2 Å². The Labute approximate surface area is 125 Å². The number of aromatic nitrogens is 4. The predicted octanol–water partition coefficient (Wildman–Crippen LogP) is 2.65. The van der Waals surface area contributed by atoms with Gasteiger partial charge >= 0.3 is 5.97 Å². The first kappa shape index (κ1) is 13.5. The average Bonchev–Trinajstić information content (AvgIpc) is 2.98. The fourth-order valence-corrected chi connectivity index (χ4v) is 2.19. The number of benzene rings is 1. The molecule has 1 aromatic carbocycles. The molecule has 0 spiro atoms. The van der Waals surface area contributed by atoms with Crippen molar-refractivity contribution in [2.24, 2.45) is 0 Å². The molecule has 7 heteroatoms. The Morgan fingerprint density at radius 1 is 1.29 bits per heavy atom. The first-order valence-electron chi connectivity index (χ1n) is 6.33. The Morgan fingerprint density at radius 2 is 2.05 bits per heavy atom. The molecule has 0 atom stereocenters. The van der Waals surface area contributed by atoms with Crippen LogP contribution >= 0.6 is 11.6 Å². The summed E-state index contributed by atoms with van der Waals surface area (Å²) in [6, 6.07) is 7.47. The Balaban J connectivity index is 2.09. The van der Waals surface area contributed by atoms with Crippen LogP contribution in [0.2, 0.25) is 5.15 Å². The number of halogens is 1. The normalized spacial score (nSPS) is 10.8.